The van der Waals surface area contributed by atoms with E-state index in [1.165, 1.54) is 12.7 Å². The van der Waals surface area contributed by atoms with Gasteiger partial charge in [0.15, 0.2) is 0 Å². The number of hydrogen-bond donors (Lipinski definition) is 1. The predicted molar refractivity (Wildman–Crippen MR) is 75.2 cm³/mol. The lowest BCUT2D eigenvalue weighted by molar-refractivity contribution is -0.143. The van der Waals surface area contributed by atoms with Crippen molar-refractivity contribution in [3.8, 4) is 5.75 Å². The number of allylic oxidation sites excluding steroid dienone is 1. The maximum atomic E-state index is 11.8. The normalized spacial score (nSPS) is 11.6. The Balaban J connectivity index is 2.83. The molecule has 104 valence electrons. The third-order valence-corrected chi connectivity index (χ3v) is 2.72. The van der Waals surface area contributed by atoms with Crippen LogP contribution in [0.4, 0.5) is 0 Å². The van der Waals surface area contributed by atoms with E-state index in [0.717, 1.165) is 11.3 Å². The number of nitrogens with one attached hydrogen (secondary N) is 1. The number of rotatable bonds is 6. The fourth-order valence-electron chi connectivity index (χ4n) is 1.63. The molecule has 19 heavy (non-hydrogen) atoms. The summed E-state index contributed by atoms with van der Waals surface area (Å²) in [5.74, 6) is 0.462. The Morgan fingerprint density at radius 3 is 2.37 bits per heavy atom. The highest BCUT2D eigenvalue weighted by atomic mass is 16.5. The second kappa shape index (κ2) is 7.59. The zero-order valence-electron chi connectivity index (χ0n) is 11.9. The molecule has 0 aliphatic heterocycles. The van der Waals surface area contributed by atoms with Crippen LogP contribution in [0, 0.1) is 0 Å². The quantitative estimate of drug-likeness (QED) is 0.632. The number of esters is 1. The molecule has 0 aliphatic rings. The number of hydrogen-bond acceptors (Lipinski definition) is 4. The smallest absolute Gasteiger partial charge is 0.327 e. The molecule has 0 aromatic heterocycles. The van der Waals surface area contributed by atoms with E-state index in [0.29, 0.717) is 6.54 Å². The van der Waals surface area contributed by atoms with Gasteiger partial charge in [0.05, 0.1) is 14.2 Å². The predicted octanol–water partition coefficient (Wildman–Crippen LogP) is 2.47. The van der Waals surface area contributed by atoms with Crippen LogP contribution in [0.25, 0.3) is 0 Å². The molecule has 0 unspecified atom stereocenters. The van der Waals surface area contributed by atoms with E-state index in [4.69, 9.17) is 9.47 Å². The third kappa shape index (κ3) is 4.75. The summed E-state index contributed by atoms with van der Waals surface area (Å²) in [6.45, 7) is 4.65. The minimum Gasteiger partial charge on any atom is -0.497 e. The minimum absolute atomic E-state index is 0.299. The van der Waals surface area contributed by atoms with Gasteiger partial charge in [0.2, 0.25) is 0 Å². The molecule has 1 rings (SSSR count). The van der Waals surface area contributed by atoms with Crippen molar-refractivity contribution in [2.75, 3.05) is 20.8 Å². The molecule has 1 aromatic carbocycles. The SMILES string of the molecule is COC(=O)[C@H](NCC=C(C)C)c1ccc(OC)cc1. The van der Waals surface area contributed by atoms with Gasteiger partial charge in [-0.25, -0.2) is 4.79 Å². The Bertz CT molecular complexity index is 433. The lowest BCUT2D eigenvalue weighted by atomic mass is 10.1. The van der Waals surface area contributed by atoms with Crippen molar-refractivity contribution < 1.29 is 14.3 Å². The summed E-state index contributed by atoms with van der Waals surface area (Å²) in [5.41, 5.74) is 2.06. The van der Waals surface area contributed by atoms with Crippen molar-refractivity contribution in [3.05, 3.63) is 41.5 Å². The van der Waals surface area contributed by atoms with Gasteiger partial charge in [-0.15, -0.1) is 0 Å². The first kappa shape index (κ1) is 15.2. The topological polar surface area (TPSA) is 47.6 Å². The van der Waals surface area contributed by atoms with Crippen molar-refractivity contribution >= 4 is 5.97 Å². The highest BCUT2D eigenvalue weighted by Gasteiger charge is 2.20. The van der Waals surface area contributed by atoms with Crippen LogP contribution in [0.1, 0.15) is 25.5 Å². The first-order valence-electron chi connectivity index (χ1n) is 6.17. The summed E-state index contributed by atoms with van der Waals surface area (Å²) in [7, 11) is 3.00. The fraction of sp³-hybridized carbons (Fsp3) is 0.400. The average molecular weight is 263 g/mol. The monoisotopic (exact) mass is 263 g/mol. The number of ether oxygens (including phenoxy) is 2. The Kier molecular flexibility index (Phi) is 6.09. The van der Waals surface area contributed by atoms with Crippen molar-refractivity contribution in [2.24, 2.45) is 0 Å². The van der Waals surface area contributed by atoms with Crippen LogP contribution in [0.15, 0.2) is 35.9 Å². The molecular weight excluding hydrogens is 242 g/mol. The zero-order valence-corrected chi connectivity index (χ0v) is 11.9. The van der Waals surface area contributed by atoms with Gasteiger partial charge in [-0.2, -0.15) is 0 Å². The van der Waals surface area contributed by atoms with E-state index in [2.05, 4.69) is 5.32 Å². The molecular formula is C15H21NO3. The van der Waals surface area contributed by atoms with Crippen molar-refractivity contribution in [2.45, 2.75) is 19.9 Å². The molecule has 0 saturated carbocycles. The maximum Gasteiger partial charge on any atom is 0.327 e. The summed E-state index contributed by atoms with van der Waals surface area (Å²) in [6, 6.07) is 6.90. The standard InChI is InChI=1S/C15H21NO3/c1-11(2)9-10-16-14(15(17)19-4)12-5-7-13(18-3)8-6-12/h5-9,14,16H,10H2,1-4H3/t14-/m1/s1. The molecule has 0 bridgehead atoms. The first-order valence-corrected chi connectivity index (χ1v) is 6.17. The van der Waals surface area contributed by atoms with Gasteiger partial charge < -0.3 is 9.47 Å². The average Bonchev–Trinajstić information content (AvgIpc) is 2.43. The lowest BCUT2D eigenvalue weighted by Gasteiger charge is -2.16. The second-order valence-electron chi connectivity index (χ2n) is 4.42. The van der Waals surface area contributed by atoms with Gasteiger partial charge in [-0.1, -0.05) is 23.8 Å². The molecule has 0 amide bonds. The van der Waals surface area contributed by atoms with Gasteiger partial charge >= 0.3 is 5.97 Å². The summed E-state index contributed by atoms with van der Waals surface area (Å²) in [4.78, 5) is 11.8. The van der Waals surface area contributed by atoms with Crippen LogP contribution in [0.5, 0.6) is 5.75 Å². The maximum absolute atomic E-state index is 11.8. The van der Waals surface area contributed by atoms with Crippen LogP contribution in [-0.4, -0.2) is 26.7 Å². The van der Waals surface area contributed by atoms with E-state index in [1.807, 2.05) is 44.2 Å². The zero-order chi connectivity index (χ0) is 14.3. The van der Waals surface area contributed by atoms with Crippen LogP contribution in [-0.2, 0) is 9.53 Å². The molecule has 0 heterocycles. The van der Waals surface area contributed by atoms with Gasteiger partial charge in [0, 0.05) is 6.54 Å². The van der Waals surface area contributed by atoms with Crippen molar-refractivity contribution in [1.82, 2.24) is 5.32 Å². The molecule has 4 nitrogen and oxygen atoms in total. The minimum atomic E-state index is -0.466. The molecule has 1 atom stereocenters. The van der Waals surface area contributed by atoms with Gasteiger partial charge in [-0.05, 0) is 31.5 Å². The Hall–Kier alpha value is -1.81. The Morgan fingerprint density at radius 2 is 1.89 bits per heavy atom. The molecule has 1 N–H and O–H groups in total. The number of carbonyl (C=O) groups excluding carboxylic acids is 1. The van der Waals surface area contributed by atoms with Gasteiger partial charge in [-0.3, -0.25) is 5.32 Å². The largest absolute Gasteiger partial charge is 0.497 e. The molecule has 0 fully saturated rings. The molecule has 0 saturated heterocycles. The van der Waals surface area contributed by atoms with Crippen LogP contribution in [0.2, 0.25) is 0 Å². The number of benzene rings is 1. The molecule has 0 radical (unpaired) electrons. The molecule has 0 spiro atoms. The summed E-state index contributed by atoms with van der Waals surface area (Å²) < 4.78 is 9.93. The van der Waals surface area contributed by atoms with Gasteiger partial charge in [0.25, 0.3) is 0 Å². The molecule has 1 aromatic rings. The van der Waals surface area contributed by atoms with E-state index >= 15 is 0 Å². The Labute approximate surface area is 114 Å². The number of methoxy groups -OCH3 is 2. The first-order chi connectivity index (χ1) is 9.08. The highest BCUT2D eigenvalue weighted by molar-refractivity contribution is 5.77. The van der Waals surface area contributed by atoms with Crippen molar-refractivity contribution in [3.63, 3.8) is 0 Å². The van der Waals surface area contributed by atoms with Crippen molar-refractivity contribution in [1.29, 1.82) is 0 Å². The molecule has 4 heteroatoms. The second-order valence-corrected chi connectivity index (χ2v) is 4.42. The van der Waals surface area contributed by atoms with Crippen LogP contribution >= 0.6 is 0 Å². The van der Waals surface area contributed by atoms with E-state index in [9.17, 15) is 4.79 Å². The third-order valence-electron chi connectivity index (χ3n) is 2.72. The van der Waals surface area contributed by atoms with E-state index < -0.39 is 6.04 Å². The molecule has 0 aliphatic carbocycles. The summed E-state index contributed by atoms with van der Waals surface area (Å²) in [6.07, 6.45) is 2.03. The Morgan fingerprint density at radius 1 is 1.26 bits per heavy atom. The van der Waals surface area contributed by atoms with Crippen LogP contribution in [0.3, 0.4) is 0 Å². The summed E-state index contributed by atoms with van der Waals surface area (Å²) >= 11 is 0. The van der Waals surface area contributed by atoms with E-state index in [1.54, 1.807) is 7.11 Å². The van der Waals surface area contributed by atoms with Gasteiger partial charge in [0.1, 0.15) is 11.8 Å². The lowest BCUT2D eigenvalue weighted by Crippen LogP contribution is -2.29. The highest BCUT2D eigenvalue weighted by Crippen LogP contribution is 2.18. The fourth-order valence-corrected chi connectivity index (χ4v) is 1.63. The van der Waals surface area contributed by atoms with E-state index in [-0.39, 0.29) is 5.97 Å². The van der Waals surface area contributed by atoms with Crippen LogP contribution < -0.4 is 10.1 Å². The number of carbonyl (C=O) groups is 1. The summed E-state index contributed by atoms with van der Waals surface area (Å²) in [5, 5.41) is 3.16.